The molecule has 3 N–H and O–H groups in total. The molecular weight excluding hydrogens is 432 g/mol. The normalized spacial score (nSPS) is 13.2. The van der Waals surface area contributed by atoms with Crippen LogP contribution in [0.5, 0.6) is 0 Å². The van der Waals surface area contributed by atoms with Gasteiger partial charge in [-0.25, -0.2) is 9.59 Å². The van der Waals surface area contributed by atoms with Crippen LogP contribution in [-0.4, -0.2) is 34.8 Å². The van der Waals surface area contributed by atoms with E-state index in [9.17, 15) is 19.5 Å². The van der Waals surface area contributed by atoms with Gasteiger partial charge in [0.05, 0.1) is 0 Å². The number of rotatable bonds is 6. The minimum atomic E-state index is -1.25. The first kappa shape index (κ1) is 21.5. The number of alkyl carbamates (subject to hydrolysis) is 1. The van der Waals surface area contributed by atoms with Crippen LogP contribution in [-0.2, 0) is 16.0 Å². The van der Waals surface area contributed by atoms with Gasteiger partial charge in [-0.15, -0.1) is 0 Å². The minimum absolute atomic E-state index is 0.0516. The van der Waals surface area contributed by atoms with Crippen LogP contribution in [0, 0.1) is 0 Å². The van der Waals surface area contributed by atoms with Crippen LogP contribution in [0.15, 0.2) is 83.7 Å². The SMILES string of the molecule is O=C(N[C@H](Cc1cc(=O)[nH]c2ccccc12)C(=O)O)OCC1c2ccccc2-c2ccccc21. The Kier molecular flexibility index (Phi) is 5.59. The summed E-state index contributed by atoms with van der Waals surface area (Å²) in [5.74, 6) is -1.34. The maximum Gasteiger partial charge on any atom is 0.407 e. The lowest BCUT2D eigenvalue weighted by molar-refractivity contribution is -0.139. The topological polar surface area (TPSA) is 108 Å². The van der Waals surface area contributed by atoms with Crippen molar-refractivity contribution in [2.75, 3.05) is 6.61 Å². The van der Waals surface area contributed by atoms with Crippen LogP contribution in [0.4, 0.5) is 4.79 Å². The Balaban J connectivity index is 1.31. The van der Waals surface area contributed by atoms with Crippen LogP contribution in [0.2, 0.25) is 0 Å². The molecule has 5 rings (SSSR count). The van der Waals surface area contributed by atoms with Crippen LogP contribution >= 0.6 is 0 Å². The molecule has 34 heavy (non-hydrogen) atoms. The minimum Gasteiger partial charge on any atom is -0.480 e. The molecular formula is C27H22N2O5. The quantitative estimate of drug-likeness (QED) is 0.407. The highest BCUT2D eigenvalue weighted by Gasteiger charge is 2.30. The lowest BCUT2D eigenvalue weighted by Gasteiger charge is -2.18. The molecule has 0 aliphatic heterocycles. The molecule has 1 aromatic heterocycles. The molecule has 0 spiro atoms. The molecule has 7 heteroatoms. The first-order valence-electron chi connectivity index (χ1n) is 11.0. The molecule has 0 saturated carbocycles. The fourth-order valence-electron chi connectivity index (χ4n) is 4.65. The highest BCUT2D eigenvalue weighted by atomic mass is 16.5. The first-order valence-corrected chi connectivity index (χ1v) is 11.0. The number of carbonyl (C=O) groups is 2. The number of pyridine rings is 1. The summed E-state index contributed by atoms with van der Waals surface area (Å²) in [6.07, 6.45) is -0.868. The fraction of sp³-hybridized carbons (Fsp3) is 0.148. The molecule has 170 valence electrons. The highest BCUT2D eigenvalue weighted by molar-refractivity contribution is 5.85. The van der Waals surface area contributed by atoms with Crippen molar-refractivity contribution in [3.05, 3.63) is 106 Å². The summed E-state index contributed by atoms with van der Waals surface area (Å²) in [6.45, 7) is 0.0835. The van der Waals surface area contributed by atoms with Gasteiger partial charge in [0, 0.05) is 29.3 Å². The van der Waals surface area contributed by atoms with Gasteiger partial charge >= 0.3 is 12.1 Å². The number of H-pyrrole nitrogens is 1. The monoisotopic (exact) mass is 454 g/mol. The Morgan fingerprint density at radius 1 is 0.941 bits per heavy atom. The summed E-state index contributed by atoms with van der Waals surface area (Å²) in [5, 5.41) is 12.9. The predicted octanol–water partition coefficient (Wildman–Crippen LogP) is 4.06. The van der Waals surface area contributed by atoms with Crippen LogP contribution in [0.3, 0.4) is 0 Å². The number of hydrogen-bond acceptors (Lipinski definition) is 4. The predicted molar refractivity (Wildman–Crippen MR) is 128 cm³/mol. The van der Waals surface area contributed by atoms with E-state index in [0.717, 1.165) is 27.6 Å². The Morgan fingerprint density at radius 3 is 2.24 bits per heavy atom. The number of benzene rings is 3. The summed E-state index contributed by atoms with van der Waals surface area (Å²) in [7, 11) is 0. The fourth-order valence-corrected chi connectivity index (χ4v) is 4.65. The molecule has 0 unspecified atom stereocenters. The van der Waals surface area contributed by atoms with Crippen molar-refractivity contribution in [3.8, 4) is 11.1 Å². The Bertz CT molecular complexity index is 1410. The molecule has 1 atom stereocenters. The number of carboxylic acid groups (broad SMARTS) is 1. The number of aromatic amines is 1. The van der Waals surface area contributed by atoms with E-state index < -0.39 is 18.1 Å². The average molecular weight is 454 g/mol. The zero-order valence-corrected chi connectivity index (χ0v) is 18.2. The van der Waals surface area contributed by atoms with Gasteiger partial charge in [-0.05, 0) is 33.9 Å². The standard InChI is InChI=1S/C27H22N2O5/c30-25-14-16(17-7-5-6-12-23(17)28-25)13-24(26(31)32)29-27(33)34-15-22-20-10-3-1-8-18(20)19-9-2-4-11-21(19)22/h1-12,14,22,24H,13,15H2,(H,28,30)(H,29,33)(H,31,32)/t24-/m1/s1. The van der Waals surface area contributed by atoms with Gasteiger partial charge in [-0.2, -0.15) is 0 Å². The number of nitrogens with one attached hydrogen (secondary N) is 2. The zero-order valence-electron chi connectivity index (χ0n) is 18.2. The molecule has 4 aromatic rings. The molecule has 7 nitrogen and oxygen atoms in total. The second-order valence-electron chi connectivity index (χ2n) is 8.27. The number of carbonyl (C=O) groups excluding carboxylic acids is 1. The van der Waals surface area contributed by atoms with E-state index in [4.69, 9.17) is 4.74 Å². The van der Waals surface area contributed by atoms with Crippen molar-refractivity contribution >= 4 is 23.0 Å². The first-order chi connectivity index (χ1) is 16.5. The van der Waals surface area contributed by atoms with Gasteiger partial charge in [0.2, 0.25) is 5.56 Å². The van der Waals surface area contributed by atoms with E-state index in [1.54, 1.807) is 24.3 Å². The third kappa shape index (κ3) is 4.03. The summed E-state index contributed by atoms with van der Waals surface area (Å²) in [4.78, 5) is 39.2. The summed E-state index contributed by atoms with van der Waals surface area (Å²) in [5.41, 5.74) is 5.16. The number of para-hydroxylation sites is 1. The molecule has 0 bridgehead atoms. The molecule has 1 aliphatic carbocycles. The molecule has 0 radical (unpaired) electrons. The highest BCUT2D eigenvalue weighted by Crippen LogP contribution is 2.44. The summed E-state index contributed by atoms with van der Waals surface area (Å²) >= 11 is 0. The third-order valence-electron chi connectivity index (χ3n) is 6.19. The van der Waals surface area contributed by atoms with E-state index in [2.05, 4.69) is 10.3 Å². The lowest BCUT2D eigenvalue weighted by atomic mass is 9.98. The van der Waals surface area contributed by atoms with Gasteiger partial charge in [-0.1, -0.05) is 66.7 Å². The molecule has 1 amide bonds. The van der Waals surface area contributed by atoms with Crippen LogP contribution < -0.4 is 10.9 Å². The Labute approximate surface area is 195 Å². The van der Waals surface area contributed by atoms with Gasteiger partial charge in [0.25, 0.3) is 0 Å². The van der Waals surface area contributed by atoms with E-state index in [-0.39, 0.29) is 24.5 Å². The van der Waals surface area contributed by atoms with E-state index >= 15 is 0 Å². The van der Waals surface area contributed by atoms with Crippen molar-refractivity contribution in [2.24, 2.45) is 0 Å². The smallest absolute Gasteiger partial charge is 0.407 e. The maximum absolute atomic E-state index is 12.6. The van der Waals surface area contributed by atoms with E-state index in [0.29, 0.717) is 11.1 Å². The van der Waals surface area contributed by atoms with Crippen molar-refractivity contribution in [2.45, 2.75) is 18.4 Å². The number of ether oxygens (including phenoxy) is 1. The van der Waals surface area contributed by atoms with Crippen LogP contribution in [0.25, 0.3) is 22.0 Å². The largest absolute Gasteiger partial charge is 0.480 e. The third-order valence-corrected chi connectivity index (χ3v) is 6.19. The molecule has 0 saturated heterocycles. The van der Waals surface area contributed by atoms with Gasteiger partial charge in [0.1, 0.15) is 12.6 Å². The van der Waals surface area contributed by atoms with Gasteiger partial charge in [0.15, 0.2) is 0 Å². The molecule has 0 fully saturated rings. The average Bonchev–Trinajstić information content (AvgIpc) is 3.16. The van der Waals surface area contributed by atoms with Crippen molar-refractivity contribution in [1.29, 1.82) is 0 Å². The molecule has 1 aliphatic rings. The van der Waals surface area contributed by atoms with Crippen molar-refractivity contribution in [3.63, 3.8) is 0 Å². The second-order valence-corrected chi connectivity index (χ2v) is 8.27. The number of carboxylic acids is 1. The number of aliphatic carboxylic acids is 1. The van der Waals surface area contributed by atoms with Crippen LogP contribution in [0.1, 0.15) is 22.6 Å². The number of hydrogen-bond donors (Lipinski definition) is 3. The zero-order chi connectivity index (χ0) is 23.7. The van der Waals surface area contributed by atoms with E-state index in [1.807, 2.05) is 48.5 Å². The van der Waals surface area contributed by atoms with Gasteiger partial charge < -0.3 is 20.1 Å². The molecule has 1 heterocycles. The lowest BCUT2D eigenvalue weighted by Crippen LogP contribution is -2.43. The number of fused-ring (bicyclic) bond motifs is 4. The summed E-state index contributed by atoms with van der Waals surface area (Å²) < 4.78 is 5.49. The van der Waals surface area contributed by atoms with Crippen molar-refractivity contribution in [1.82, 2.24) is 10.3 Å². The number of amides is 1. The summed E-state index contributed by atoms with van der Waals surface area (Å²) in [6, 6.07) is 23.2. The van der Waals surface area contributed by atoms with Gasteiger partial charge in [-0.3, -0.25) is 4.79 Å². The van der Waals surface area contributed by atoms with Crippen molar-refractivity contribution < 1.29 is 19.4 Å². The number of aromatic nitrogens is 1. The Hall–Kier alpha value is -4.39. The Morgan fingerprint density at radius 2 is 1.56 bits per heavy atom. The maximum atomic E-state index is 12.6. The van der Waals surface area contributed by atoms with E-state index in [1.165, 1.54) is 6.07 Å². The second kappa shape index (κ2) is 8.86. The molecule has 3 aromatic carbocycles.